The molecule has 1 aromatic rings. The van der Waals surface area contributed by atoms with Crippen molar-refractivity contribution in [3.05, 3.63) is 29.6 Å². The van der Waals surface area contributed by atoms with Gasteiger partial charge in [0.05, 0.1) is 6.10 Å². The number of halogens is 1. The van der Waals surface area contributed by atoms with E-state index in [1.54, 1.807) is 13.8 Å². The van der Waals surface area contributed by atoms with E-state index in [-0.39, 0.29) is 12.5 Å². The first kappa shape index (κ1) is 13.5. The number of fused-ring (bicyclic) bond motifs is 1. The van der Waals surface area contributed by atoms with Crippen LogP contribution >= 0.6 is 0 Å². The zero-order valence-corrected chi connectivity index (χ0v) is 10.7. The molecule has 0 unspecified atom stereocenters. The smallest absolute Gasteiger partial charge is 0.256 e. The maximum Gasteiger partial charge on any atom is 0.256 e. The molecular weight excluding hydrogens is 251 g/mol. The fourth-order valence-electron chi connectivity index (χ4n) is 1.84. The summed E-state index contributed by atoms with van der Waals surface area (Å²) in [6, 6.07) is 4.07. The Morgan fingerprint density at radius 1 is 1.53 bits per heavy atom. The molecule has 1 aliphatic rings. The normalized spacial score (nSPS) is 17.9. The molecule has 0 saturated heterocycles. The van der Waals surface area contributed by atoms with Gasteiger partial charge in [0, 0.05) is 5.69 Å². The average molecular weight is 266 g/mol. The number of anilines is 1. The summed E-state index contributed by atoms with van der Waals surface area (Å²) in [5.41, 5.74) is 3.38. The molecule has 19 heavy (non-hydrogen) atoms. The summed E-state index contributed by atoms with van der Waals surface area (Å²) in [5.74, 6) is -2.24. The molecule has 102 valence electrons. The van der Waals surface area contributed by atoms with Crippen molar-refractivity contribution in [2.45, 2.75) is 26.4 Å². The van der Waals surface area contributed by atoms with Gasteiger partial charge in [-0.1, -0.05) is 0 Å². The van der Waals surface area contributed by atoms with E-state index >= 15 is 0 Å². The van der Waals surface area contributed by atoms with Crippen LogP contribution in [-0.2, 0) is 20.8 Å². The summed E-state index contributed by atoms with van der Waals surface area (Å²) in [6.07, 6.45) is -0.0213. The lowest BCUT2D eigenvalue weighted by Crippen LogP contribution is -2.42. The van der Waals surface area contributed by atoms with Crippen LogP contribution in [-0.4, -0.2) is 17.9 Å². The number of hydrogen-bond donors (Lipinski definition) is 2. The maximum atomic E-state index is 13.1. The zero-order valence-electron chi connectivity index (χ0n) is 10.7. The maximum absolute atomic E-state index is 13.1. The van der Waals surface area contributed by atoms with Crippen LogP contribution in [0.4, 0.5) is 10.1 Å². The predicted molar refractivity (Wildman–Crippen MR) is 66.6 cm³/mol. The molecule has 1 heterocycles. The summed E-state index contributed by atoms with van der Waals surface area (Å²) in [5, 5.41) is 2.58. The van der Waals surface area contributed by atoms with Crippen molar-refractivity contribution in [2.24, 2.45) is 5.92 Å². The van der Waals surface area contributed by atoms with E-state index < -0.39 is 23.5 Å². The van der Waals surface area contributed by atoms with Crippen LogP contribution in [0.25, 0.3) is 0 Å². The van der Waals surface area contributed by atoms with Gasteiger partial charge < -0.3 is 5.32 Å². The molecule has 1 atom stereocenters. The standard InChI is InChI=1S/C13H15FN2O3/c1-7(2)19-16-13(18)10-6-8-5-9(14)3-4-11(8)15-12(10)17/h3-5,7,10H,6H2,1-2H3,(H,15,17)(H,16,18)/t10-/m1/s1. The summed E-state index contributed by atoms with van der Waals surface area (Å²) in [6.45, 7) is 3.51. The van der Waals surface area contributed by atoms with Crippen molar-refractivity contribution in [3.8, 4) is 0 Å². The molecule has 1 aromatic carbocycles. The highest BCUT2D eigenvalue weighted by molar-refractivity contribution is 6.08. The van der Waals surface area contributed by atoms with Gasteiger partial charge in [-0.2, -0.15) is 0 Å². The Kier molecular flexibility index (Phi) is 3.80. The van der Waals surface area contributed by atoms with Gasteiger partial charge in [0.25, 0.3) is 5.91 Å². The van der Waals surface area contributed by atoms with Crippen LogP contribution in [0, 0.1) is 11.7 Å². The topological polar surface area (TPSA) is 67.4 Å². The Hall–Kier alpha value is -1.95. The highest BCUT2D eigenvalue weighted by atomic mass is 19.1. The number of hydrogen-bond acceptors (Lipinski definition) is 3. The van der Waals surface area contributed by atoms with E-state index in [2.05, 4.69) is 10.8 Å². The Labute approximate surface area is 110 Å². The first-order chi connectivity index (χ1) is 8.97. The van der Waals surface area contributed by atoms with Crippen LogP contribution in [0.5, 0.6) is 0 Å². The molecule has 2 amide bonds. The minimum absolute atomic E-state index is 0.159. The fourth-order valence-corrected chi connectivity index (χ4v) is 1.84. The van der Waals surface area contributed by atoms with Gasteiger partial charge in [0.1, 0.15) is 11.7 Å². The lowest BCUT2D eigenvalue weighted by Gasteiger charge is -2.24. The largest absolute Gasteiger partial charge is 0.325 e. The first-order valence-electron chi connectivity index (χ1n) is 6.02. The first-order valence-corrected chi connectivity index (χ1v) is 6.02. The summed E-state index contributed by atoms with van der Waals surface area (Å²) in [4.78, 5) is 28.6. The SMILES string of the molecule is CC(C)ONC(=O)[C@@H]1Cc2cc(F)ccc2NC1=O. The van der Waals surface area contributed by atoms with Crippen LogP contribution in [0.15, 0.2) is 18.2 Å². The third-order valence-electron chi connectivity index (χ3n) is 2.78. The third-order valence-corrected chi connectivity index (χ3v) is 2.78. The van der Waals surface area contributed by atoms with Crippen molar-refractivity contribution in [1.29, 1.82) is 0 Å². The quantitative estimate of drug-likeness (QED) is 0.642. The van der Waals surface area contributed by atoms with Crippen LogP contribution < -0.4 is 10.8 Å². The number of amides is 2. The average Bonchev–Trinajstić information content (AvgIpc) is 2.35. The molecule has 5 nitrogen and oxygen atoms in total. The molecule has 6 heteroatoms. The number of benzene rings is 1. The number of carbonyl (C=O) groups is 2. The number of rotatable bonds is 3. The van der Waals surface area contributed by atoms with E-state index in [1.165, 1.54) is 18.2 Å². The Morgan fingerprint density at radius 2 is 2.26 bits per heavy atom. The Bertz CT molecular complexity index is 517. The van der Waals surface area contributed by atoms with Crippen LogP contribution in [0.1, 0.15) is 19.4 Å². The van der Waals surface area contributed by atoms with E-state index in [0.29, 0.717) is 11.3 Å². The Balaban J connectivity index is 2.12. The molecule has 1 aliphatic heterocycles. The number of hydroxylamine groups is 1. The van der Waals surface area contributed by atoms with Gasteiger partial charge in [0.2, 0.25) is 5.91 Å². The summed E-state index contributed by atoms with van der Waals surface area (Å²) < 4.78 is 13.1. The van der Waals surface area contributed by atoms with Gasteiger partial charge >= 0.3 is 0 Å². The lowest BCUT2D eigenvalue weighted by atomic mass is 9.92. The number of carbonyl (C=O) groups excluding carboxylic acids is 2. The molecule has 0 saturated carbocycles. The highest BCUT2D eigenvalue weighted by Gasteiger charge is 2.32. The van der Waals surface area contributed by atoms with Gasteiger partial charge in [-0.05, 0) is 44.0 Å². The molecule has 0 aliphatic carbocycles. The van der Waals surface area contributed by atoms with Crippen molar-refractivity contribution < 1.29 is 18.8 Å². The van der Waals surface area contributed by atoms with E-state index in [0.717, 1.165) is 0 Å². The highest BCUT2D eigenvalue weighted by Crippen LogP contribution is 2.26. The number of nitrogens with one attached hydrogen (secondary N) is 2. The van der Waals surface area contributed by atoms with Gasteiger partial charge in [0.15, 0.2) is 0 Å². The second-order valence-electron chi connectivity index (χ2n) is 4.68. The van der Waals surface area contributed by atoms with Crippen molar-refractivity contribution in [3.63, 3.8) is 0 Å². The van der Waals surface area contributed by atoms with E-state index in [1.807, 2.05) is 0 Å². The summed E-state index contributed by atoms with van der Waals surface area (Å²) in [7, 11) is 0. The molecular formula is C13H15FN2O3. The molecule has 0 radical (unpaired) electrons. The van der Waals surface area contributed by atoms with Crippen LogP contribution in [0.3, 0.4) is 0 Å². The van der Waals surface area contributed by atoms with Crippen molar-refractivity contribution in [2.75, 3.05) is 5.32 Å². The van der Waals surface area contributed by atoms with Gasteiger partial charge in [-0.3, -0.25) is 14.4 Å². The molecule has 2 N–H and O–H groups in total. The van der Waals surface area contributed by atoms with Gasteiger partial charge in [-0.15, -0.1) is 0 Å². The minimum Gasteiger partial charge on any atom is -0.325 e. The summed E-state index contributed by atoms with van der Waals surface area (Å²) >= 11 is 0. The molecule has 2 rings (SSSR count). The zero-order chi connectivity index (χ0) is 14.0. The monoisotopic (exact) mass is 266 g/mol. The molecule has 0 aromatic heterocycles. The Morgan fingerprint density at radius 3 is 2.95 bits per heavy atom. The van der Waals surface area contributed by atoms with Crippen molar-refractivity contribution >= 4 is 17.5 Å². The van der Waals surface area contributed by atoms with Crippen LogP contribution in [0.2, 0.25) is 0 Å². The fraction of sp³-hybridized carbons (Fsp3) is 0.385. The molecule has 0 fully saturated rings. The second-order valence-corrected chi connectivity index (χ2v) is 4.68. The van der Waals surface area contributed by atoms with E-state index in [4.69, 9.17) is 4.84 Å². The third kappa shape index (κ3) is 3.08. The second kappa shape index (κ2) is 5.36. The predicted octanol–water partition coefficient (Wildman–Crippen LogP) is 1.39. The van der Waals surface area contributed by atoms with Crippen molar-refractivity contribution in [1.82, 2.24) is 5.48 Å². The van der Waals surface area contributed by atoms with E-state index in [9.17, 15) is 14.0 Å². The molecule has 0 spiro atoms. The minimum atomic E-state index is -0.909. The molecule has 0 bridgehead atoms. The lowest BCUT2D eigenvalue weighted by molar-refractivity contribution is -0.145. The van der Waals surface area contributed by atoms with Gasteiger partial charge in [-0.25, -0.2) is 9.87 Å².